The SMILES string of the molecule is CCCCC[C@@H](O)CC(=O)CCc1ccc2c(c1)O[C@@H]1[C@H](C#C[C@@H](O)c3ccc([C@H](N)NCCc4ccccc4)cc3CC3=C4CN1C=C4N=C3)CC#CO2. The monoisotopic (exact) mass is 738 g/mol. The molecule has 0 amide bonds. The third kappa shape index (κ3) is 9.57. The number of carbonyl (C=O) groups excluding carboxylic acids is 1. The molecule has 284 valence electrons. The number of rotatable bonds is 14. The molecule has 5 N–H and O–H groups in total. The lowest BCUT2D eigenvalue weighted by Gasteiger charge is -2.32. The van der Waals surface area contributed by atoms with Crippen LogP contribution in [-0.4, -0.2) is 52.5 Å². The van der Waals surface area contributed by atoms with Gasteiger partial charge in [-0.2, -0.15) is 0 Å². The van der Waals surface area contributed by atoms with Gasteiger partial charge in [0.05, 0.1) is 23.9 Å². The van der Waals surface area contributed by atoms with Gasteiger partial charge >= 0.3 is 0 Å². The number of ketones is 1. The Bertz CT molecular complexity index is 2090. The molecule has 9 nitrogen and oxygen atoms in total. The summed E-state index contributed by atoms with van der Waals surface area (Å²) in [4.78, 5) is 19.6. The highest BCUT2D eigenvalue weighted by molar-refractivity contribution is 5.87. The molecule has 2 bridgehead atoms. The van der Waals surface area contributed by atoms with Crippen LogP contribution in [0, 0.1) is 29.8 Å². The third-order valence-electron chi connectivity index (χ3n) is 10.7. The number of aliphatic imine (C=N–C) groups is 1. The van der Waals surface area contributed by atoms with Gasteiger partial charge in [-0.25, -0.2) is 0 Å². The first-order valence-electron chi connectivity index (χ1n) is 19.6. The second kappa shape index (κ2) is 18.0. The number of nitrogens with two attached hydrogens (primary N) is 1. The first kappa shape index (κ1) is 38.1. The van der Waals surface area contributed by atoms with Gasteiger partial charge in [-0.15, -0.1) is 0 Å². The highest BCUT2D eigenvalue weighted by Gasteiger charge is 2.35. The zero-order valence-corrected chi connectivity index (χ0v) is 31.5. The van der Waals surface area contributed by atoms with Gasteiger partial charge in [-0.05, 0) is 71.2 Å². The number of fused-ring (bicyclic) bond motifs is 5. The molecule has 4 aliphatic rings. The number of benzene rings is 3. The summed E-state index contributed by atoms with van der Waals surface area (Å²) in [6, 6.07) is 22.0. The van der Waals surface area contributed by atoms with Crippen LogP contribution >= 0.6 is 0 Å². The summed E-state index contributed by atoms with van der Waals surface area (Å²) in [7, 11) is 0. The lowest BCUT2D eigenvalue weighted by Crippen LogP contribution is -2.41. The molecule has 0 radical (unpaired) electrons. The van der Waals surface area contributed by atoms with Crippen LogP contribution < -0.4 is 20.5 Å². The van der Waals surface area contributed by atoms with Gasteiger partial charge in [-0.3, -0.25) is 15.1 Å². The number of nitrogens with one attached hydrogen (secondary N) is 1. The Morgan fingerprint density at radius 3 is 2.78 bits per heavy atom. The molecule has 0 unspecified atom stereocenters. The van der Waals surface area contributed by atoms with Crippen molar-refractivity contribution >= 4 is 12.0 Å². The number of nitrogens with zero attached hydrogens (tertiary/aromatic N) is 2. The number of carbonyl (C=O) groups is 1. The second-order valence-electron chi connectivity index (χ2n) is 14.8. The van der Waals surface area contributed by atoms with Crippen molar-refractivity contribution in [2.75, 3.05) is 13.1 Å². The van der Waals surface area contributed by atoms with Crippen molar-refractivity contribution in [3.8, 4) is 35.4 Å². The summed E-state index contributed by atoms with van der Waals surface area (Å²) in [6.45, 7) is 3.43. The molecule has 0 aliphatic carbocycles. The number of Topliss-reactive ketones (excluding diaryl/α,β-unsaturated/α-hetero) is 1. The Balaban J connectivity index is 1.11. The van der Waals surface area contributed by atoms with Crippen LogP contribution in [0.1, 0.15) is 92.0 Å². The topological polar surface area (TPSA) is 130 Å². The van der Waals surface area contributed by atoms with E-state index in [0.717, 1.165) is 71.3 Å². The van der Waals surface area contributed by atoms with E-state index in [1.54, 1.807) is 0 Å². The van der Waals surface area contributed by atoms with E-state index < -0.39 is 24.4 Å². The second-order valence-corrected chi connectivity index (χ2v) is 14.8. The fourth-order valence-corrected chi connectivity index (χ4v) is 7.55. The number of allylic oxidation sites excluding steroid dienone is 1. The third-order valence-corrected chi connectivity index (χ3v) is 10.7. The number of aryl methyl sites for hydroxylation is 1. The molecule has 4 aliphatic heterocycles. The molecule has 5 atom stereocenters. The van der Waals surface area contributed by atoms with Gasteiger partial charge in [0.2, 0.25) is 0 Å². The minimum atomic E-state index is -1.05. The normalized spacial score (nSPS) is 20.5. The van der Waals surface area contributed by atoms with E-state index in [1.807, 2.05) is 60.9 Å². The van der Waals surface area contributed by atoms with Gasteiger partial charge in [0.15, 0.2) is 17.7 Å². The van der Waals surface area contributed by atoms with Gasteiger partial charge in [0.25, 0.3) is 0 Å². The van der Waals surface area contributed by atoms with Crippen molar-refractivity contribution in [2.24, 2.45) is 16.6 Å². The Labute approximate surface area is 324 Å². The highest BCUT2D eigenvalue weighted by Crippen LogP contribution is 2.38. The van der Waals surface area contributed by atoms with Gasteiger partial charge in [0.1, 0.15) is 18.0 Å². The van der Waals surface area contributed by atoms with E-state index in [2.05, 4.69) is 59.2 Å². The predicted molar refractivity (Wildman–Crippen MR) is 214 cm³/mol. The summed E-state index contributed by atoms with van der Waals surface area (Å²) >= 11 is 0. The first-order chi connectivity index (χ1) is 26.8. The Morgan fingerprint density at radius 1 is 1.05 bits per heavy atom. The van der Waals surface area contributed by atoms with Crippen molar-refractivity contribution in [1.29, 1.82) is 0 Å². The molecule has 3 aromatic carbocycles. The molecule has 0 saturated heterocycles. The first-order valence-corrected chi connectivity index (χ1v) is 19.6. The van der Waals surface area contributed by atoms with Crippen molar-refractivity contribution < 1.29 is 24.5 Å². The molecule has 55 heavy (non-hydrogen) atoms. The van der Waals surface area contributed by atoms with E-state index in [-0.39, 0.29) is 18.4 Å². The van der Waals surface area contributed by atoms with Crippen LogP contribution in [0.15, 0.2) is 94.8 Å². The highest BCUT2D eigenvalue weighted by atomic mass is 16.5. The molecule has 7 rings (SSSR count). The van der Waals surface area contributed by atoms with Gasteiger partial charge in [0, 0.05) is 50.3 Å². The summed E-state index contributed by atoms with van der Waals surface area (Å²) in [5.41, 5.74) is 14.5. The Hall–Kier alpha value is -5.16. The number of aliphatic hydroxyl groups is 2. The molecule has 0 spiro atoms. The Morgan fingerprint density at radius 2 is 1.93 bits per heavy atom. The summed E-state index contributed by atoms with van der Waals surface area (Å²) in [5, 5.41) is 25.4. The molecular formula is C46H50N4O5. The lowest BCUT2D eigenvalue weighted by atomic mass is 9.92. The van der Waals surface area contributed by atoms with Gasteiger partial charge in [-0.1, -0.05) is 98.5 Å². The molecule has 4 heterocycles. The molecule has 3 aromatic rings. The number of hydrogen-bond acceptors (Lipinski definition) is 9. The number of aliphatic hydroxyl groups excluding tert-OH is 2. The quantitative estimate of drug-likeness (QED) is 0.0874. The van der Waals surface area contributed by atoms with E-state index in [4.69, 9.17) is 20.2 Å². The lowest BCUT2D eigenvalue weighted by molar-refractivity contribution is -0.121. The van der Waals surface area contributed by atoms with Crippen molar-refractivity contribution in [2.45, 2.75) is 95.7 Å². The Kier molecular flexibility index (Phi) is 12.5. The largest absolute Gasteiger partial charge is 0.465 e. The zero-order valence-electron chi connectivity index (χ0n) is 31.5. The smallest absolute Gasteiger partial charge is 0.187 e. The zero-order chi connectivity index (χ0) is 38.1. The maximum Gasteiger partial charge on any atom is 0.187 e. The summed E-state index contributed by atoms with van der Waals surface area (Å²) < 4.78 is 12.7. The maximum absolute atomic E-state index is 12.7. The van der Waals surface area contributed by atoms with Crippen molar-refractivity contribution in [3.05, 3.63) is 118 Å². The molecule has 0 fully saturated rings. The van der Waals surface area contributed by atoms with E-state index in [0.29, 0.717) is 50.1 Å². The molecule has 9 heteroatoms. The van der Waals surface area contributed by atoms with Crippen molar-refractivity contribution in [3.63, 3.8) is 0 Å². The standard InChI is InChI=1S/C46H50N4O5/c1-2-3-5-12-37(51)27-38(52)17-13-32-14-20-43-44(24-32)55-46-33(11-8-23-54-43)16-19-42(53)39-18-15-34(45(47)48-22-21-31-9-6-4-7-10-31)25-35(39)26-36-28-49-41-30-50(46)29-40(36)41/h4,6-7,9-10,14-15,18,20,24-25,28,30,33,37,42,45-46,48,51,53H,2-3,5,11-13,17,21-22,26-27,29,47H2,1H3/t33-,37+,42+,45+,46+/m0/s1. The minimum absolute atomic E-state index is 0.0415. The fourth-order valence-electron chi connectivity index (χ4n) is 7.55. The molecule has 0 saturated carbocycles. The van der Waals surface area contributed by atoms with Crippen LogP contribution in [0.2, 0.25) is 0 Å². The fraction of sp³-hybridized carbons (Fsp3) is 0.391. The molecular weight excluding hydrogens is 689 g/mol. The van der Waals surface area contributed by atoms with E-state index in [1.165, 1.54) is 5.56 Å². The van der Waals surface area contributed by atoms with Gasteiger partial charge < -0.3 is 30.3 Å². The average molecular weight is 739 g/mol. The minimum Gasteiger partial charge on any atom is -0.465 e. The van der Waals surface area contributed by atoms with Crippen LogP contribution in [0.25, 0.3) is 0 Å². The predicted octanol–water partition coefficient (Wildman–Crippen LogP) is 6.20. The summed E-state index contributed by atoms with van der Waals surface area (Å²) in [5.74, 6) is 10.2. The van der Waals surface area contributed by atoms with Crippen LogP contribution in [0.3, 0.4) is 0 Å². The maximum atomic E-state index is 12.7. The number of unbranched alkanes of at least 4 members (excludes halogenated alkanes) is 2. The van der Waals surface area contributed by atoms with Crippen LogP contribution in [-0.2, 0) is 24.1 Å². The van der Waals surface area contributed by atoms with Crippen molar-refractivity contribution in [1.82, 2.24) is 10.2 Å². The van der Waals surface area contributed by atoms with E-state index >= 15 is 0 Å². The number of hydrogen-bond donors (Lipinski definition) is 4. The van der Waals surface area contributed by atoms with Crippen LogP contribution in [0.5, 0.6) is 11.5 Å². The summed E-state index contributed by atoms with van der Waals surface area (Å²) in [6.07, 6.45) is 10.7. The number of ether oxygens (including phenoxy) is 2. The average Bonchev–Trinajstić information content (AvgIpc) is 3.79. The van der Waals surface area contributed by atoms with E-state index in [9.17, 15) is 15.0 Å². The van der Waals surface area contributed by atoms with Crippen LogP contribution in [0.4, 0.5) is 0 Å². The molecule has 0 aromatic heterocycles.